The first kappa shape index (κ1) is 12.0. The van der Waals surface area contributed by atoms with Crippen molar-refractivity contribution in [3.8, 4) is 11.5 Å². The van der Waals surface area contributed by atoms with Crippen LogP contribution >= 0.6 is 0 Å². The van der Waals surface area contributed by atoms with Crippen LogP contribution in [-0.2, 0) is 9.84 Å². The van der Waals surface area contributed by atoms with Crippen LogP contribution < -0.4 is 9.78 Å². The normalized spacial score (nSPS) is 15.5. The third kappa shape index (κ3) is 1.69. The first-order valence-corrected chi connectivity index (χ1v) is 7.29. The molecule has 0 saturated carbocycles. The lowest BCUT2D eigenvalue weighted by Crippen LogP contribution is -2.03. The molecule has 1 aliphatic heterocycles. The molecule has 2 aromatic carbocycles. The van der Waals surface area contributed by atoms with Crippen LogP contribution in [0.5, 0.6) is 11.5 Å². The second-order valence-electron chi connectivity index (χ2n) is 4.45. The molecule has 0 fully saturated rings. The quantitative estimate of drug-likeness (QED) is 0.694. The smallest absolute Gasteiger partial charge is 0.214 e. The average molecular weight is 276 g/mol. The zero-order valence-corrected chi connectivity index (χ0v) is 11.3. The molecule has 1 aliphatic rings. The number of aryl methyl sites for hydroxylation is 1. The van der Waals surface area contributed by atoms with E-state index in [9.17, 15) is 8.42 Å². The monoisotopic (exact) mass is 276 g/mol. The summed E-state index contributed by atoms with van der Waals surface area (Å²) in [5.41, 5.74) is 1.71. The maximum atomic E-state index is 12.6. The average Bonchev–Trinajstić information content (AvgIpc) is 2.50. The molecule has 0 unspecified atom stereocenters. The lowest BCUT2D eigenvalue weighted by atomic mass is 10.1. The van der Waals surface area contributed by atoms with Crippen molar-refractivity contribution >= 4 is 9.84 Å². The number of para-hydroxylation sites is 1. The predicted molar refractivity (Wildman–Crippen MR) is 69.1 cm³/mol. The molecule has 0 amide bonds. The third-order valence-corrected chi connectivity index (χ3v) is 5.10. The SMILES string of the molecule is Cc1ccc2c(c1C)OOc1ccccc1S2(=O)=O. The lowest BCUT2D eigenvalue weighted by molar-refractivity contribution is -0.105. The van der Waals surface area contributed by atoms with Crippen LogP contribution in [0.4, 0.5) is 0 Å². The van der Waals surface area contributed by atoms with Crippen molar-refractivity contribution in [1.82, 2.24) is 0 Å². The van der Waals surface area contributed by atoms with Gasteiger partial charge in [0.2, 0.25) is 15.6 Å². The lowest BCUT2D eigenvalue weighted by Gasteiger charge is -2.09. The van der Waals surface area contributed by atoms with E-state index >= 15 is 0 Å². The van der Waals surface area contributed by atoms with Crippen LogP contribution in [0.3, 0.4) is 0 Å². The minimum Gasteiger partial charge on any atom is -0.288 e. The summed E-state index contributed by atoms with van der Waals surface area (Å²) in [6.45, 7) is 3.70. The molecular formula is C14H12O4S. The van der Waals surface area contributed by atoms with Gasteiger partial charge in [-0.25, -0.2) is 8.42 Å². The van der Waals surface area contributed by atoms with Crippen molar-refractivity contribution in [3.63, 3.8) is 0 Å². The second kappa shape index (κ2) is 3.99. The van der Waals surface area contributed by atoms with Crippen LogP contribution in [0.15, 0.2) is 46.2 Å². The molecule has 0 aromatic heterocycles. The van der Waals surface area contributed by atoms with E-state index in [1.165, 1.54) is 6.07 Å². The summed E-state index contributed by atoms with van der Waals surface area (Å²) in [5, 5.41) is 0. The van der Waals surface area contributed by atoms with Gasteiger partial charge in [0.25, 0.3) is 0 Å². The van der Waals surface area contributed by atoms with Gasteiger partial charge in [-0.2, -0.15) is 0 Å². The number of benzene rings is 2. The van der Waals surface area contributed by atoms with Crippen LogP contribution in [0.2, 0.25) is 0 Å². The molecule has 98 valence electrons. The molecular weight excluding hydrogens is 264 g/mol. The van der Waals surface area contributed by atoms with Crippen molar-refractivity contribution in [2.24, 2.45) is 0 Å². The molecule has 0 saturated heterocycles. The van der Waals surface area contributed by atoms with Gasteiger partial charge in [0.15, 0.2) is 5.75 Å². The van der Waals surface area contributed by atoms with Gasteiger partial charge in [0, 0.05) is 5.56 Å². The van der Waals surface area contributed by atoms with Gasteiger partial charge in [-0.15, -0.1) is 0 Å². The number of rotatable bonds is 0. The summed E-state index contributed by atoms with van der Waals surface area (Å²) in [6, 6.07) is 9.76. The Kier molecular flexibility index (Phi) is 2.53. The maximum absolute atomic E-state index is 12.6. The fourth-order valence-electron chi connectivity index (χ4n) is 2.03. The molecule has 1 heterocycles. The maximum Gasteiger partial charge on any atom is 0.214 e. The fourth-order valence-corrected chi connectivity index (χ4v) is 3.57. The highest BCUT2D eigenvalue weighted by atomic mass is 32.2. The largest absolute Gasteiger partial charge is 0.288 e. The van der Waals surface area contributed by atoms with E-state index < -0.39 is 9.84 Å². The standard InChI is InChI=1S/C14H12O4S/c1-9-7-8-13-14(10(9)2)18-17-11-5-3-4-6-12(11)19(13,15)16/h3-8H,1-2H3. The second-order valence-corrected chi connectivity index (χ2v) is 6.34. The fraction of sp³-hybridized carbons (Fsp3) is 0.143. The van der Waals surface area contributed by atoms with Gasteiger partial charge < -0.3 is 0 Å². The van der Waals surface area contributed by atoms with E-state index in [4.69, 9.17) is 9.78 Å². The van der Waals surface area contributed by atoms with E-state index in [0.717, 1.165) is 11.1 Å². The molecule has 3 rings (SSSR count). The van der Waals surface area contributed by atoms with Crippen LogP contribution in [0.1, 0.15) is 11.1 Å². The molecule has 5 heteroatoms. The van der Waals surface area contributed by atoms with Crippen LogP contribution in [0.25, 0.3) is 0 Å². The first-order valence-electron chi connectivity index (χ1n) is 5.80. The summed E-state index contributed by atoms with van der Waals surface area (Å²) < 4.78 is 25.2. The van der Waals surface area contributed by atoms with E-state index in [2.05, 4.69) is 0 Å². The molecule has 0 aliphatic carbocycles. The summed E-state index contributed by atoms with van der Waals surface area (Å²) in [7, 11) is -3.63. The summed E-state index contributed by atoms with van der Waals surface area (Å²) in [6.07, 6.45) is 0. The Bertz CT molecular complexity index is 763. The van der Waals surface area contributed by atoms with Gasteiger partial charge in [-0.05, 0) is 37.6 Å². The van der Waals surface area contributed by atoms with E-state index in [-0.39, 0.29) is 21.3 Å². The van der Waals surface area contributed by atoms with Crippen molar-refractivity contribution in [2.45, 2.75) is 23.6 Å². The van der Waals surface area contributed by atoms with Gasteiger partial charge in [0.05, 0.1) is 0 Å². The highest BCUT2D eigenvalue weighted by molar-refractivity contribution is 7.91. The highest BCUT2D eigenvalue weighted by Gasteiger charge is 2.31. The van der Waals surface area contributed by atoms with Crippen molar-refractivity contribution in [3.05, 3.63) is 47.5 Å². The number of hydrogen-bond acceptors (Lipinski definition) is 4. The Labute approximate surface area is 111 Å². The van der Waals surface area contributed by atoms with Crippen molar-refractivity contribution in [2.75, 3.05) is 0 Å². The topological polar surface area (TPSA) is 52.6 Å². The Morgan fingerprint density at radius 1 is 0.895 bits per heavy atom. The molecule has 0 radical (unpaired) electrons. The van der Waals surface area contributed by atoms with Crippen LogP contribution in [0, 0.1) is 13.8 Å². The molecule has 2 aromatic rings. The summed E-state index contributed by atoms with van der Waals surface area (Å²) in [4.78, 5) is 10.7. The van der Waals surface area contributed by atoms with Crippen molar-refractivity contribution < 1.29 is 18.2 Å². The zero-order chi connectivity index (χ0) is 13.6. The Morgan fingerprint density at radius 3 is 2.42 bits per heavy atom. The number of hydrogen-bond donors (Lipinski definition) is 0. The van der Waals surface area contributed by atoms with E-state index in [1.807, 2.05) is 13.8 Å². The summed E-state index contributed by atoms with van der Waals surface area (Å²) >= 11 is 0. The Hall–Kier alpha value is -2.01. The first-order chi connectivity index (χ1) is 9.01. The van der Waals surface area contributed by atoms with Gasteiger partial charge in [-0.1, -0.05) is 18.2 Å². The Balaban J connectivity index is 2.36. The molecule has 0 bridgehead atoms. The minimum absolute atomic E-state index is 0.122. The number of fused-ring (bicyclic) bond motifs is 2. The molecule has 4 nitrogen and oxygen atoms in total. The van der Waals surface area contributed by atoms with E-state index in [0.29, 0.717) is 0 Å². The molecule has 0 N–H and O–H groups in total. The van der Waals surface area contributed by atoms with E-state index in [1.54, 1.807) is 30.3 Å². The molecule has 0 spiro atoms. The van der Waals surface area contributed by atoms with Gasteiger partial charge in [0.1, 0.15) is 9.79 Å². The zero-order valence-electron chi connectivity index (χ0n) is 10.5. The van der Waals surface area contributed by atoms with Crippen molar-refractivity contribution in [1.29, 1.82) is 0 Å². The van der Waals surface area contributed by atoms with Gasteiger partial charge >= 0.3 is 0 Å². The molecule has 0 atom stereocenters. The number of sulfone groups is 1. The highest BCUT2D eigenvalue weighted by Crippen LogP contribution is 2.40. The third-order valence-electron chi connectivity index (χ3n) is 3.28. The van der Waals surface area contributed by atoms with Crippen LogP contribution in [-0.4, -0.2) is 8.42 Å². The molecule has 19 heavy (non-hydrogen) atoms. The Morgan fingerprint density at radius 2 is 1.63 bits per heavy atom. The predicted octanol–water partition coefficient (Wildman–Crippen LogP) is 2.82. The summed E-state index contributed by atoms with van der Waals surface area (Å²) in [5.74, 6) is 0.465. The van der Waals surface area contributed by atoms with Gasteiger partial charge in [-0.3, -0.25) is 9.78 Å². The minimum atomic E-state index is -3.63.